The lowest BCUT2D eigenvalue weighted by Crippen LogP contribution is -2.28. The van der Waals surface area contributed by atoms with E-state index in [1.165, 1.54) is 0 Å². The number of carboxylic acid groups (broad SMARTS) is 1. The number of amides is 1. The van der Waals surface area contributed by atoms with Gasteiger partial charge in [-0.05, 0) is 18.9 Å². The molecular formula is C10H12N2O4. The first-order valence-corrected chi connectivity index (χ1v) is 4.69. The molecular weight excluding hydrogens is 212 g/mol. The van der Waals surface area contributed by atoms with Crippen LogP contribution in [0.25, 0.3) is 0 Å². The minimum Gasteiger partial charge on any atom is -0.477 e. The van der Waals surface area contributed by atoms with Crippen molar-refractivity contribution in [2.75, 3.05) is 0 Å². The van der Waals surface area contributed by atoms with E-state index in [2.05, 4.69) is 4.98 Å². The molecule has 1 rings (SSSR count). The van der Waals surface area contributed by atoms with Gasteiger partial charge in [-0.1, -0.05) is 6.92 Å². The van der Waals surface area contributed by atoms with E-state index in [-0.39, 0.29) is 5.56 Å². The molecule has 1 amide bonds. The number of primary amides is 1. The number of nitrogens with one attached hydrogen (secondary N) is 1. The summed E-state index contributed by atoms with van der Waals surface area (Å²) in [5, 5.41) is 8.88. The summed E-state index contributed by atoms with van der Waals surface area (Å²) in [5.74, 6) is -2.35. The molecule has 0 radical (unpaired) electrons. The van der Waals surface area contributed by atoms with Crippen molar-refractivity contribution in [3.8, 4) is 0 Å². The average Bonchev–Trinajstić information content (AvgIpc) is 2.15. The highest BCUT2D eigenvalue weighted by Gasteiger charge is 2.23. The van der Waals surface area contributed by atoms with Gasteiger partial charge in [0.2, 0.25) is 5.91 Å². The monoisotopic (exact) mass is 224 g/mol. The molecule has 0 saturated carbocycles. The Morgan fingerprint density at radius 1 is 1.38 bits per heavy atom. The van der Waals surface area contributed by atoms with Crippen LogP contribution in [0.3, 0.4) is 0 Å². The molecule has 0 fully saturated rings. The predicted octanol–water partition coefficient (Wildman–Crippen LogP) is 0.0428. The smallest absolute Gasteiger partial charge is 0.342 e. The standard InChI is InChI=1S/C10H12N2O4/c1-3-5-4(2)12-9(14)7(10(15)16)6(5)8(11)13/h3H2,1-2H3,(H2,11,13)(H,12,14)(H,15,16). The molecule has 6 heteroatoms. The summed E-state index contributed by atoms with van der Waals surface area (Å²) >= 11 is 0. The molecule has 0 spiro atoms. The Labute approximate surface area is 91.1 Å². The number of pyridine rings is 1. The van der Waals surface area contributed by atoms with E-state index < -0.39 is 23.0 Å². The fourth-order valence-electron chi connectivity index (χ4n) is 1.68. The fraction of sp³-hybridized carbons (Fsp3) is 0.300. The van der Waals surface area contributed by atoms with Crippen molar-refractivity contribution in [3.63, 3.8) is 0 Å². The maximum Gasteiger partial charge on any atom is 0.342 e. The van der Waals surface area contributed by atoms with Crippen LogP contribution in [-0.2, 0) is 6.42 Å². The highest BCUT2D eigenvalue weighted by Crippen LogP contribution is 2.14. The number of nitrogens with two attached hydrogens (primary N) is 1. The van der Waals surface area contributed by atoms with Crippen LogP contribution in [0.2, 0.25) is 0 Å². The second-order valence-corrected chi connectivity index (χ2v) is 3.33. The van der Waals surface area contributed by atoms with Crippen LogP contribution in [0.1, 0.15) is 38.9 Å². The van der Waals surface area contributed by atoms with Gasteiger partial charge < -0.3 is 15.8 Å². The lowest BCUT2D eigenvalue weighted by atomic mass is 9.99. The Kier molecular flexibility index (Phi) is 3.12. The molecule has 6 nitrogen and oxygen atoms in total. The predicted molar refractivity (Wildman–Crippen MR) is 56.7 cm³/mol. The Morgan fingerprint density at radius 3 is 2.31 bits per heavy atom. The Morgan fingerprint density at radius 2 is 1.94 bits per heavy atom. The molecule has 0 aliphatic rings. The molecule has 1 heterocycles. The van der Waals surface area contributed by atoms with Crippen molar-refractivity contribution >= 4 is 11.9 Å². The van der Waals surface area contributed by atoms with Gasteiger partial charge in [0.1, 0.15) is 5.56 Å². The summed E-state index contributed by atoms with van der Waals surface area (Å²) in [4.78, 5) is 35.9. The molecule has 86 valence electrons. The third kappa shape index (κ3) is 1.81. The van der Waals surface area contributed by atoms with Crippen LogP contribution < -0.4 is 11.3 Å². The van der Waals surface area contributed by atoms with Gasteiger partial charge in [0.15, 0.2) is 0 Å². The molecule has 4 N–H and O–H groups in total. The summed E-state index contributed by atoms with van der Waals surface area (Å²) < 4.78 is 0. The third-order valence-electron chi connectivity index (χ3n) is 2.35. The highest BCUT2D eigenvalue weighted by molar-refractivity contribution is 6.05. The van der Waals surface area contributed by atoms with Crippen molar-refractivity contribution in [1.82, 2.24) is 4.98 Å². The minimum atomic E-state index is -1.45. The zero-order valence-corrected chi connectivity index (χ0v) is 8.96. The summed E-state index contributed by atoms with van der Waals surface area (Å²) in [6.45, 7) is 3.34. The van der Waals surface area contributed by atoms with E-state index in [9.17, 15) is 14.4 Å². The molecule has 0 aliphatic carbocycles. The highest BCUT2D eigenvalue weighted by atomic mass is 16.4. The van der Waals surface area contributed by atoms with Gasteiger partial charge in [0.25, 0.3) is 5.56 Å². The number of hydrogen-bond acceptors (Lipinski definition) is 3. The van der Waals surface area contributed by atoms with Gasteiger partial charge in [-0.2, -0.15) is 0 Å². The van der Waals surface area contributed by atoms with Gasteiger partial charge in [0.05, 0.1) is 5.56 Å². The first-order valence-electron chi connectivity index (χ1n) is 4.69. The van der Waals surface area contributed by atoms with Crippen LogP contribution in [0.4, 0.5) is 0 Å². The zero-order chi connectivity index (χ0) is 12.5. The molecule has 1 aromatic heterocycles. The van der Waals surface area contributed by atoms with E-state index in [4.69, 9.17) is 10.8 Å². The molecule has 0 aromatic carbocycles. The van der Waals surface area contributed by atoms with Crippen molar-refractivity contribution in [2.45, 2.75) is 20.3 Å². The average molecular weight is 224 g/mol. The van der Waals surface area contributed by atoms with E-state index >= 15 is 0 Å². The summed E-state index contributed by atoms with van der Waals surface area (Å²) in [6.07, 6.45) is 0.418. The number of aromatic nitrogens is 1. The molecule has 16 heavy (non-hydrogen) atoms. The lowest BCUT2D eigenvalue weighted by Gasteiger charge is -2.10. The second-order valence-electron chi connectivity index (χ2n) is 3.33. The van der Waals surface area contributed by atoms with Gasteiger partial charge >= 0.3 is 5.97 Å². The van der Waals surface area contributed by atoms with Crippen LogP contribution in [0.5, 0.6) is 0 Å². The summed E-state index contributed by atoms with van der Waals surface area (Å²) in [5.41, 5.74) is 4.44. The van der Waals surface area contributed by atoms with E-state index in [1.54, 1.807) is 13.8 Å². The van der Waals surface area contributed by atoms with Crippen LogP contribution in [-0.4, -0.2) is 22.0 Å². The van der Waals surface area contributed by atoms with Crippen molar-refractivity contribution < 1.29 is 14.7 Å². The largest absolute Gasteiger partial charge is 0.477 e. The summed E-state index contributed by atoms with van der Waals surface area (Å²) in [7, 11) is 0. The maximum absolute atomic E-state index is 11.4. The number of aromatic amines is 1. The SMILES string of the molecule is CCc1c(C)[nH]c(=O)c(C(=O)O)c1C(N)=O. The lowest BCUT2D eigenvalue weighted by molar-refractivity contribution is 0.0689. The Bertz CT molecular complexity index is 516. The molecule has 0 aliphatic heterocycles. The van der Waals surface area contributed by atoms with Gasteiger partial charge in [-0.3, -0.25) is 9.59 Å². The second kappa shape index (κ2) is 4.18. The van der Waals surface area contributed by atoms with Crippen molar-refractivity contribution in [3.05, 3.63) is 32.7 Å². The zero-order valence-electron chi connectivity index (χ0n) is 8.96. The van der Waals surface area contributed by atoms with Gasteiger partial charge in [-0.15, -0.1) is 0 Å². The van der Waals surface area contributed by atoms with Crippen LogP contribution in [0.15, 0.2) is 4.79 Å². The van der Waals surface area contributed by atoms with Gasteiger partial charge in [0, 0.05) is 5.69 Å². The maximum atomic E-state index is 11.4. The van der Waals surface area contributed by atoms with E-state index in [0.29, 0.717) is 17.7 Å². The first kappa shape index (κ1) is 12.0. The van der Waals surface area contributed by atoms with Crippen molar-refractivity contribution in [2.24, 2.45) is 5.73 Å². The minimum absolute atomic E-state index is 0.198. The fourth-order valence-corrected chi connectivity index (χ4v) is 1.68. The number of H-pyrrole nitrogens is 1. The number of hydrogen-bond donors (Lipinski definition) is 3. The molecule has 1 aromatic rings. The third-order valence-corrected chi connectivity index (χ3v) is 2.35. The van der Waals surface area contributed by atoms with Crippen LogP contribution in [0, 0.1) is 6.92 Å². The number of carboxylic acids is 1. The van der Waals surface area contributed by atoms with Gasteiger partial charge in [-0.25, -0.2) is 4.79 Å². The number of rotatable bonds is 3. The van der Waals surface area contributed by atoms with E-state index in [0.717, 1.165) is 0 Å². The molecule has 0 atom stereocenters. The van der Waals surface area contributed by atoms with Crippen molar-refractivity contribution in [1.29, 1.82) is 0 Å². The number of carbonyl (C=O) groups excluding carboxylic acids is 1. The number of carbonyl (C=O) groups is 2. The summed E-state index contributed by atoms with van der Waals surface area (Å²) in [6, 6.07) is 0. The van der Waals surface area contributed by atoms with E-state index in [1.807, 2.05) is 0 Å². The number of aromatic carboxylic acids is 1. The first-order chi connectivity index (χ1) is 7.40. The molecule has 0 unspecified atom stereocenters. The molecule has 0 saturated heterocycles. The quantitative estimate of drug-likeness (QED) is 0.672. The topological polar surface area (TPSA) is 113 Å². The Balaban J connectivity index is 3.79. The number of aryl methyl sites for hydroxylation is 1. The normalized spacial score (nSPS) is 10.1. The van der Waals surface area contributed by atoms with Crippen LogP contribution >= 0.6 is 0 Å². The Hall–Kier alpha value is -2.11. The molecule has 0 bridgehead atoms.